The van der Waals surface area contributed by atoms with Crippen molar-refractivity contribution in [3.63, 3.8) is 0 Å². The third kappa shape index (κ3) is 2.63. The van der Waals surface area contributed by atoms with Crippen LogP contribution in [-0.2, 0) is 0 Å². The lowest BCUT2D eigenvalue weighted by Gasteiger charge is -2.26. The van der Waals surface area contributed by atoms with Gasteiger partial charge in [0.15, 0.2) is 11.3 Å². The maximum Gasteiger partial charge on any atom is 0.413 e. The van der Waals surface area contributed by atoms with E-state index in [2.05, 4.69) is 0 Å². The Kier molecular flexibility index (Phi) is 3.29. The van der Waals surface area contributed by atoms with E-state index >= 15 is 0 Å². The molecule has 0 bridgehead atoms. The van der Waals surface area contributed by atoms with Gasteiger partial charge in [-0.15, -0.1) is 0 Å². The van der Waals surface area contributed by atoms with Gasteiger partial charge in [-0.3, -0.25) is 4.79 Å². The number of carbonyl (C=O) groups is 1. The van der Waals surface area contributed by atoms with Crippen LogP contribution in [0, 0.1) is 12.7 Å². The molecule has 0 aliphatic rings. The van der Waals surface area contributed by atoms with Crippen molar-refractivity contribution in [3.05, 3.63) is 35.1 Å². The van der Waals surface area contributed by atoms with Gasteiger partial charge in [0.1, 0.15) is 5.82 Å². The van der Waals surface area contributed by atoms with Crippen LogP contribution in [0.25, 0.3) is 0 Å². The lowest BCUT2D eigenvalue weighted by Crippen LogP contribution is -2.57. The summed E-state index contributed by atoms with van der Waals surface area (Å²) in [5, 5.41) is 0. The van der Waals surface area contributed by atoms with Crippen molar-refractivity contribution in [1.82, 2.24) is 0 Å². The lowest BCUT2D eigenvalue weighted by atomic mass is 9.91. The molecule has 0 aliphatic heterocycles. The smallest absolute Gasteiger partial charge is 0.311 e. The fourth-order valence-corrected chi connectivity index (χ4v) is 1.30. The molecule has 0 amide bonds. The quantitative estimate of drug-likeness (QED) is 0.646. The van der Waals surface area contributed by atoms with Gasteiger partial charge in [-0.25, -0.2) is 4.39 Å². The number of aryl methyl sites for hydroxylation is 1. The predicted molar refractivity (Wildman–Crippen MR) is 54.1 cm³/mol. The van der Waals surface area contributed by atoms with Gasteiger partial charge in [-0.1, -0.05) is 0 Å². The minimum Gasteiger partial charge on any atom is -0.311 e. The molecule has 1 rings (SSSR count). The molecule has 1 aromatic carbocycles. The van der Waals surface area contributed by atoms with Crippen molar-refractivity contribution < 1.29 is 22.4 Å². The Morgan fingerprint density at radius 3 is 2.18 bits per heavy atom. The number of ketones is 1. The normalized spacial score (nSPS) is 15.5. The maximum atomic E-state index is 13.0. The monoisotopic (exact) mass is 249 g/mol. The van der Waals surface area contributed by atoms with Gasteiger partial charge in [-0.2, -0.15) is 13.2 Å². The molecule has 0 fully saturated rings. The van der Waals surface area contributed by atoms with Crippen LogP contribution in [0.2, 0.25) is 0 Å². The Morgan fingerprint density at radius 1 is 1.24 bits per heavy atom. The Bertz CT molecular complexity index is 431. The fourth-order valence-electron chi connectivity index (χ4n) is 1.30. The van der Waals surface area contributed by atoms with Gasteiger partial charge in [0, 0.05) is 5.56 Å². The largest absolute Gasteiger partial charge is 0.413 e. The molecule has 1 aromatic rings. The molecular weight excluding hydrogens is 238 g/mol. The van der Waals surface area contributed by atoms with Crippen LogP contribution in [0.1, 0.15) is 22.8 Å². The summed E-state index contributed by atoms with van der Waals surface area (Å²) in [5.41, 5.74) is 1.92. The third-order valence-corrected chi connectivity index (χ3v) is 2.36. The first-order chi connectivity index (χ1) is 7.55. The molecule has 0 radical (unpaired) electrons. The van der Waals surface area contributed by atoms with Crippen molar-refractivity contribution in [2.45, 2.75) is 25.6 Å². The Hall–Kier alpha value is -1.43. The van der Waals surface area contributed by atoms with E-state index in [1.807, 2.05) is 0 Å². The standard InChI is InChI=1S/C11H11F4NO/c1-6-3-7(5-8(12)4-6)9(17)10(2,16)11(13,14)15/h3-5H,16H2,1-2H3. The second kappa shape index (κ2) is 4.10. The van der Waals surface area contributed by atoms with E-state index < -0.39 is 23.3 Å². The zero-order chi connectivity index (χ0) is 13.4. The highest BCUT2D eigenvalue weighted by atomic mass is 19.4. The zero-order valence-electron chi connectivity index (χ0n) is 9.23. The van der Waals surface area contributed by atoms with Crippen LogP contribution in [0.15, 0.2) is 18.2 Å². The van der Waals surface area contributed by atoms with Crippen LogP contribution >= 0.6 is 0 Å². The van der Waals surface area contributed by atoms with Crippen LogP contribution < -0.4 is 5.73 Å². The van der Waals surface area contributed by atoms with Crippen LogP contribution in [0.5, 0.6) is 0 Å². The number of hydrogen-bond donors (Lipinski definition) is 1. The number of carbonyl (C=O) groups excluding carboxylic acids is 1. The number of halogens is 4. The summed E-state index contributed by atoms with van der Waals surface area (Å²) >= 11 is 0. The molecule has 1 atom stereocenters. The predicted octanol–water partition coefficient (Wildman–Crippen LogP) is 2.60. The molecule has 1 unspecified atom stereocenters. The molecule has 0 heterocycles. The Labute approximate surface area is 95.4 Å². The van der Waals surface area contributed by atoms with E-state index in [1.54, 1.807) is 0 Å². The number of alkyl halides is 3. The topological polar surface area (TPSA) is 43.1 Å². The van der Waals surface area contributed by atoms with Crippen molar-refractivity contribution in [2.24, 2.45) is 5.73 Å². The van der Waals surface area contributed by atoms with Crippen molar-refractivity contribution in [3.8, 4) is 0 Å². The minimum absolute atomic E-state index is 0.353. The van der Waals surface area contributed by atoms with Crippen molar-refractivity contribution in [1.29, 1.82) is 0 Å². The van der Waals surface area contributed by atoms with Crippen molar-refractivity contribution >= 4 is 5.78 Å². The highest BCUT2D eigenvalue weighted by Gasteiger charge is 2.53. The van der Waals surface area contributed by atoms with Gasteiger partial charge >= 0.3 is 6.18 Å². The van der Waals surface area contributed by atoms with Gasteiger partial charge in [0.2, 0.25) is 0 Å². The first kappa shape index (κ1) is 13.6. The molecule has 6 heteroatoms. The van der Waals surface area contributed by atoms with E-state index in [4.69, 9.17) is 5.73 Å². The highest BCUT2D eigenvalue weighted by Crippen LogP contribution is 2.31. The van der Waals surface area contributed by atoms with Crippen LogP contribution in [0.4, 0.5) is 17.6 Å². The Balaban J connectivity index is 3.21. The van der Waals surface area contributed by atoms with Gasteiger partial charge in [0.05, 0.1) is 0 Å². The molecule has 0 saturated carbocycles. The summed E-state index contributed by atoms with van der Waals surface area (Å²) in [4.78, 5) is 11.6. The molecule has 0 aromatic heterocycles. The number of hydrogen-bond acceptors (Lipinski definition) is 2. The average molecular weight is 249 g/mol. The van der Waals surface area contributed by atoms with E-state index in [1.165, 1.54) is 13.0 Å². The number of rotatable bonds is 2. The molecule has 94 valence electrons. The molecule has 0 spiro atoms. The first-order valence-electron chi connectivity index (χ1n) is 4.73. The van der Waals surface area contributed by atoms with E-state index in [-0.39, 0.29) is 5.56 Å². The summed E-state index contributed by atoms with van der Waals surface area (Å²) in [6.07, 6.45) is -4.88. The fraction of sp³-hybridized carbons (Fsp3) is 0.364. The molecular formula is C11H11F4NO. The minimum atomic E-state index is -4.88. The van der Waals surface area contributed by atoms with E-state index in [0.717, 1.165) is 12.1 Å². The lowest BCUT2D eigenvalue weighted by molar-refractivity contribution is -0.165. The van der Waals surface area contributed by atoms with Crippen molar-refractivity contribution in [2.75, 3.05) is 0 Å². The molecule has 0 aliphatic carbocycles. The van der Waals surface area contributed by atoms with Gasteiger partial charge < -0.3 is 5.73 Å². The number of nitrogens with two attached hydrogens (primary N) is 1. The van der Waals surface area contributed by atoms with E-state index in [9.17, 15) is 22.4 Å². The number of Topliss-reactive ketones (excluding diaryl/α,β-unsaturated/α-hetero) is 1. The van der Waals surface area contributed by atoms with Crippen LogP contribution in [-0.4, -0.2) is 17.5 Å². The molecule has 2 nitrogen and oxygen atoms in total. The summed E-state index contributed by atoms with van der Waals surface area (Å²) in [6, 6.07) is 3.02. The molecule has 17 heavy (non-hydrogen) atoms. The zero-order valence-corrected chi connectivity index (χ0v) is 9.23. The molecule has 0 saturated heterocycles. The summed E-state index contributed by atoms with van der Waals surface area (Å²) in [5.74, 6) is -2.13. The summed E-state index contributed by atoms with van der Waals surface area (Å²) in [7, 11) is 0. The van der Waals surface area contributed by atoms with Gasteiger partial charge in [-0.05, 0) is 37.6 Å². The first-order valence-corrected chi connectivity index (χ1v) is 4.73. The number of benzene rings is 1. The second-order valence-corrected chi connectivity index (χ2v) is 4.05. The van der Waals surface area contributed by atoms with Crippen LogP contribution in [0.3, 0.4) is 0 Å². The summed E-state index contributed by atoms with van der Waals surface area (Å²) in [6.45, 7) is 2.04. The average Bonchev–Trinajstić information content (AvgIpc) is 2.13. The molecule has 2 N–H and O–H groups in total. The highest BCUT2D eigenvalue weighted by molar-refractivity contribution is 6.03. The van der Waals surface area contributed by atoms with Gasteiger partial charge in [0.25, 0.3) is 0 Å². The summed E-state index contributed by atoms with van der Waals surface area (Å²) < 4.78 is 50.6. The second-order valence-electron chi connectivity index (χ2n) is 4.05. The Morgan fingerprint density at radius 2 is 1.76 bits per heavy atom. The maximum absolute atomic E-state index is 13.0. The third-order valence-electron chi connectivity index (χ3n) is 2.36. The van der Waals surface area contributed by atoms with E-state index in [0.29, 0.717) is 12.5 Å². The SMILES string of the molecule is Cc1cc(F)cc(C(=O)C(C)(N)C(F)(F)F)c1.